The predicted octanol–water partition coefficient (Wildman–Crippen LogP) is 23.4. The Labute approximate surface area is 600 Å². The maximum atomic E-state index is 13.1. The molecule has 2 unspecified atom stereocenters. The molecule has 582 valence electrons. The molecule has 0 aromatic rings. The molecule has 3 N–H and O–H groups in total. The van der Waals surface area contributed by atoms with Gasteiger partial charge in [-0.1, -0.05) is 357 Å². The van der Waals surface area contributed by atoms with Crippen LogP contribution in [0.5, 0.6) is 0 Å². The minimum atomic E-state index is -4.96. The van der Waals surface area contributed by atoms with Gasteiger partial charge in [-0.25, -0.2) is 9.13 Å². The molecule has 17 nitrogen and oxygen atoms in total. The van der Waals surface area contributed by atoms with Gasteiger partial charge in [0, 0.05) is 25.7 Å². The SMILES string of the molecule is CCCCCCCCCCCCC(=O)OC[C@H](COP(=O)(O)OC[C@H](O)COP(=O)(O)OC[C@@H](COC(=O)CCCCCCCCCCCCCCCC(C)C)OC(=O)CCCCCCCCCCCCCCCCCCC(C)C)OC(=O)CCCCCCCCCCCCC(C)C. The molecule has 0 saturated carbocycles. The van der Waals surface area contributed by atoms with E-state index in [2.05, 4.69) is 48.5 Å². The van der Waals surface area contributed by atoms with Gasteiger partial charge in [0.05, 0.1) is 26.4 Å². The van der Waals surface area contributed by atoms with E-state index in [4.69, 9.17) is 37.0 Å². The van der Waals surface area contributed by atoms with Crippen LogP contribution in [-0.2, 0) is 65.4 Å². The molecule has 0 fully saturated rings. The summed E-state index contributed by atoms with van der Waals surface area (Å²) in [6.45, 7) is 12.0. The van der Waals surface area contributed by atoms with Crippen molar-refractivity contribution in [2.75, 3.05) is 39.6 Å². The summed E-state index contributed by atoms with van der Waals surface area (Å²) in [5, 5.41) is 10.6. The third-order valence-corrected chi connectivity index (χ3v) is 20.3. The zero-order chi connectivity index (χ0) is 72.3. The summed E-state index contributed by atoms with van der Waals surface area (Å²) in [5.74, 6) is 0.239. The van der Waals surface area contributed by atoms with Crippen molar-refractivity contribution >= 4 is 39.5 Å². The number of carbonyl (C=O) groups excluding carboxylic acids is 4. The number of carbonyl (C=O) groups is 4. The van der Waals surface area contributed by atoms with Gasteiger partial charge in [0.1, 0.15) is 19.3 Å². The van der Waals surface area contributed by atoms with E-state index in [1.165, 1.54) is 218 Å². The fraction of sp³-hybridized carbons (Fsp3) is 0.949. The molecule has 0 saturated heterocycles. The van der Waals surface area contributed by atoms with Crippen molar-refractivity contribution in [2.24, 2.45) is 17.8 Å². The van der Waals surface area contributed by atoms with E-state index in [1.54, 1.807) is 0 Å². The number of rotatable bonds is 77. The second-order valence-corrected chi connectivity index (χ2v) is 32.8. The monoisotopic (exact) mass is 1440 g/mol. The highest BCUT2D eigenvalue weighted by Gasteiger charge is 2.30. The fourth-order valence-corrected chi connectivity index (χ4v) is 13.7. The van der Waals surface area contributed by atoms with Crippen molar-refractivity contribution in [1.82, 2.24) is 0 Å². The van der Waals surface area contributed by atoms with E-state index in [1.807, 2.05) is 0 Å². The lowest BCUT2D eigenvalue weighted by molar-refractivity contribution is -0.161. The van der Waals surface area contributed by atoms with Gasteiger partial charge < -0.3 is 33.8 Å². The molecule has 0 aliphatic heterocycles. The Morgan fingerprint density at radius 2 is 0.469 bits per heavy atom. The average molecular weight is 1440 g/mol. The van der Waals surface area contributed by atoms with Crippen LogP contribution in [0.1, 0.15) is 408 Å². The highest BCUT2D eigenvalue weighted by atomic mass is 31.2. The number of unbranched alkanes of at least 4 members (excludes halogenated alkanes) is 45. The first-order chi connectivity index (χ1) is 47.2. The minimum Gasteiger partial charge on any atom is -0.462 e. The molecular formula is C79H154O17P2. The molecule has 0 heterocycles. The minimum absolute atomic E-state index is 0.106. The molecule has 19 heteroatoms. The fourth-order valence-electron chi connectivity index (χ4n) is 12.1. The van der Waals surface area contributed by atoms with Crippen LogP contribution in [0.25, 0.3) is 0 Å². The first-order valence-corrected chi connectivity index (χ1v) is 43.8. The van der Waals surface area contributed by atoms with Gasteiger partial charge in [-0.15, -0.1) is 0 Å². The van der Waals surface area contributed by atoms with Crippen molar-refractivity contribution in [3.05, 3.63) is 0 Å². The first kappa shape index (κ1) is 96.1. The topological polar surface area (TPSA) is 237 Å². The van der Waals surface area contributed by atoms with Gasteiger partial charge in [-0.3, -0.25) is 37.3 Å². The Morgan fingerprint density at radius 1 is 0.276 bits per heavy atom. The number of phosphoric acid groups is 2. The summed E-state index contributed by atoms with van der Waals surface area (Å²) in [7, 11) is -9.92. The van der Waals surface area contributed by atoms with Gasteiger partial charge in [0.2, 0.25) is 0 Å². The Balaban J connectivity index is 5.24. The van der Waals surface area contributed by atoms with Crippen LogP contribution in [0.2, 0.25) is 0 Å². The summed E-state index contributed by atoms with van der Waals surface area (Å²) in [5.41, 5.74) is 0. The normalized spacial score (nSPS) is 14.0. The molecular weight excluding hydrogens is 1280 g/mol. The number of hydrogen-bond donors (Lipinski definition) is 3. The molecule has 0 bridgehead atoms. The van der Waals surface area contributed by atoms with Crippen molar-refractivity contribution in [1.29, 1.82) is 0 Å². The summed E-state index contributed by atoms with van der Waals surface area (Å²) < 4.78 is 68.6. The maximum absolute atomic E-state index is 13.1. The van der Waals surface area contributed by atoms with E-state index in [-0.39, 0.29) is 25.7 Å². The van der Waals surface area contributed by atoms with Crippen LogP contribution in [-0.4, -0.2) is 96.7 Å². The summed E-state index contributed by atoms with van der Waals surface area (Å²) in [6, 6.07) is 0. The quantitative estimate of drug-likeness (QED) is 0.0222. The van der Waals surface area contributed by atoms with Crippen LogP contribution in [0.15, 0.2) is 0 Å². The van der Waals surface area contributed by atoms with Crippen LogP contribution in [0.3, 0.4) is 0 Å². The maximum Gasteiger partial charge on any atom is 0.472 e. The summed E-state index contributed by atoms with van der Waals surface area (Å²) in [4.78, 5) is 72.9. The van der Waals surface area contributed by atoms with E-state index in [0.717, 1.165) is 108 Å². The molecule has 0 aliphatic carbocycles. The van der Waals surface area contributed by atoms with Crippen LogP contribution in [0, 0.1) is 17.8 Å². The molecule has 98 heavy (non-hydrogen) atoms. The Bertz CT molecular complexity index is 1900. The highest BCUT2D eigenvalue weighted by molar-refractivity contribution is 7.47. The zero-order valence-electron chi connectivity index (χ0n) is 64.3. The largest absolute Gasteiger partial charge is 0.472 e. The van der Waals surface area contributed by atoms with Gasteiger partial charge in [0.25, 0.3) is 0 Å². The van der Waals surface area contributed by atoms with E-state index in [0.29, 0.717) is 25.7 Å². The lowest BCUT2D eigenvalue weighted by atomic mass is 10.0. The molecule has 0 aromatic carbocycles. The van der Waals surface area contributed by atoms with E-state index >= 15 is 0 Å². The highest BCUT2D eigenvalue weighted by Crippen LogP contribution is 2.45. The van der Waals surface area contributed by atoms with E-state index < -0.39 is 97.5 Å². The number of esters is 4. The standard InChI is InChI=1S/C79H154O17P2/c1-8-9-10-11-12-13-32-39-46-53-60-76(81)89-66-74(96-79(84)63-56-49-42-35-28-27-31-38-45-52-59-72(6)7)68-93-97(85,86)91-64-73(80)65-92-98(87,88)94-69-75(67-90-77(82)61-54-47-40-33-25-22-18-20-24-30-37-44-51-58-71(4)5)95-78(83)62-55-48-41-34-26-21-17-15-14-16-19-23-29-36-43-50-57-70(2)3/h70-75,80H,8-69H2,1-7H3,(H,85,86)(H,87,88)/t73-,74+,75+/m0/s1. The molecule has 0 aliphatic rings. The molecule has 0 aromatic heterocycles. The molecule has 0 amide bonds. The third kappa shape index (κ3) is 72.4. The second-order valence-electron chi connectivity index (χ2n) is 29.9. The lowest BCUT2D eigenvalue weighted by Gasteiger charge is -2.21. The van der Waals surface area contributed by atoms with Crippen LogP contribution >= 0.6 is 15.6 Å². The number of aliphatic hydroxyl groups excluding tert-OH is 1. The van der Waals surface area contributed by atoms with Crippen LogP contribution in [0.4, 0.5) is 0 Å². The van der Waals surface area contributed by atoms with Crippen molar-refractivity contribution in [3.8, 4) is 0 Å². The number of hydrogen-bond acceptors (Lipinski definition) is 15. The van der Waals surface area contributed by atoms with E-state index in [9.17, 15) is 43.2 Å². The smallest absolute Gasteiger partial charge is 0.462 e. The predicted molar refractivity (Wildman–Crippen MR) is 400 cm³/mol. The van der Waals surface area contributed by atoms with Crippen LogP contribution < -0.4 is 0 Å². The Hall–Kier alpha value is -1.94. The number of aliphatic hydroxyl groups is 1. The molecule has 0 rings (SSSR count). The summed E-state index contributed by atoms with van der Waals surface area (Å²) in [6.07, 6.45) is 56.8. The third-order valence-electron chi connectivity index (χ3n) is 18.4. The lowest BCUT2D eigenvalue weighted by Crippen LogP contribution is -2.30. The number of phosphoric ester groups is 2. The number of ether oxygens (including phenoxy) is 4. The van der Waals surface area contributed by atoms with Gasteiger partial charge >= 0.3 is 39.5 Å². The molecule has 5 atom stereocenters. The molecule has 0 spiro atoms. The zero-order valence-corrected chi connectivity index (χ0v) is 66.0. The van der Waals surface area contributed by atoms with Crippen molar-refractivity contribution < 1.29 is 80.2 Å². The Kier molecular flexibility index (Phi) is 68.1. The van der Waals surface area contributed by atoms with Crippen molar-refractivity contribution in [2.45, 2.75) is 426 Å². The first-order valence-electron chi connectivity index (χ1n) is 40.8. The average Bonchev–Trinajstić information content (AvgIpc) is 1.05. The van der Waals surface area contributed by atoms with Crippen molar-refractivity contribution in [3.63, 3.8) is 0 Å². The van der Waals surface area contributed by atoms with Gasteiger partial charge in [-0.2, -0.15) is 0 Å². The molecule has 0 radical (unpaired) electrons. The summed E-state index contributed by atoms with van der Waals surface area (Å²) >= 11 is 0. The second kappa shape index (κ2) is 69.4. The Morgan fingerprint density at radius 3 is 0.694 bits per heavy atom. The van der Waals surface area contributed by atoms with Gasteiger partial charge in [-0.05, 0) is 43.4 Å². The van der Waals surface area contributed by atoms with Gasteiger partial charge in [0.15, 0.2) is 12.2 Å².